The number of likely N-dealkylation sites (tertiary alicyclic amines) is 1. The molecule has 5 nitrogen and oxygen atoms in total. The summed E-state index contributed by atoms with van der Waals surface area (Å²) in [5.74, 6) is 0.123. The van der Waals surface area contributed by atoms with Gasteiger partial charge in [0.15, 0.2) is 0 Å². The van der Waals surface area contributed by atoms with Crippen LogP contribution in [0.5, 0.6) is 0 Å². The van der Waals surface area contributed by atoms with Gasteiger partial charge in [0.2, 0.25) is 5.91 Å². The summed E-state index contributed by atoms with van der Waals surface area (Å²) in [5, 5.41) is 6.09. The van der Waals surface area contributed by atoms with Crippen LogP contribution in [0.4, 0.5) is 4.79 Å². The molecule has 126 valence electrons. The molecule has 2 rings (SSSR count). The van der Waals surface area contributed by atoms with Crippen LogP contribution >= 0.6 is 11.6 Å². The van der Waals surface area contributed by atoms with Crippen molar-refractivity contribution in [2.45, 2.75) is 38.6 Å². The summed E-state index contributed by atoms with van der Waals surface area (Å²) in [7, 11) is 0. The predicted molar refractivity (Wildman–Crippen MR) is 91.4 cm³/mol. The lowest BCUT2D eigenvalue weighted by Gasteiger charge is -2.20. The van der Waals surface area contributed by atoms with Crippen molar-refractivity contribution >= 4 is 23.5 Å². The third-order valence-corrected chi connectivity index (χ3v) is 4.35. The van der Waals surface area contributed by atoms with Crippen LogP contribution in [0.3, 0.4) is 0 Å². The van der Waals surface area contributed by atoms with Crippen molar-refractivity contribution in [2.75, 3.05) is 19.6 Å². The van der Waals surface area contributed by atoms with Gasteiger partial charge in [-0.25, -0.2) is 4.79 Å². The average Bonchev–Trinajstić information content (AvgIpc) is 2.83. The van der Waals surface area contributed by atoms with Gasteiger partial charge in [0.1, 0.15) is 0 Å². The lowest BCUT2D eigenvalue weighted by atomic mass is 10.2. The van der Waals surface area contributed by atoms with E-state index < -0.39 is 0 Å². The maximum absolute atomic E-state index is 12.1. The summed E-state index contributed by atoms with van der Waals surface area (Å²) in [6.07, 6.45) is 4.91. The van der Waals surface area contributed by atoms with E-state index in [1.54, 1.807) is 6.07 Å². The molecular formula is C17H24ClN3O2. The summed E-state index contributed by atoms with van der Waals surface area (Å²) in [4.78, 5) is 25.8. The molecular weight excluding hydrogens is 314 g/mol. The van der Waals surface area contributed by atoms with Gasteiger partial charge in [-0.15, -0.1) is 0 Å². The first-order chi connectivity index (χ1) is 11.2. The summed E-state index contributed by atoms with van der Waals surface area (Å²) >= 11 is 6.03. The molecule has 1 aliphatic rings. The average molecular weight is 338 g/mol. The lowest BCUT2D eigenvalue weighted by Crippen LogP contribution is -2.39. The summed E-state index contributed by atoms with van der Waals surface area (Å²) < 4.78 is 0. The number of halogens is 1. The number of nitrogens with one attached hydrogen (secondary N) is 2. The number of nitrogens with zero attached hydrogens (tertiary/aromatic N) is 1. The van der Waals surface area contributed by atoms with Gasteiger partial charge in [0.25, 0.3) is 0 Å². The zero-order chi connectivity index (χ0) is 16.5. The topological polar surface area (TPSA) is 61.4 Å². The summed E-state index contributed by atoms with van der Waals surface area (Å²) in [6, 6.07) is 7.09. The maximum atomic E-state index is 12.1. The number of carbonyl (C=O) groups is 2. The maximum Gasteiger partial charge on any atom is 0.315 e. The van der Waals surface area contributed by atoms with Crippen molar-refractivity contribution in [3.63, 3.8) is 0 Å². The minimum Gasteiger partial charge on any atom is -0.343 e. The SMILES string of the molecule is O=C(NCCC(=O)N1CCCCCC1)NCc1ccccc1Cl. The molecule has 0 saturated carbocycles. The molecule has 0 atom stereocenters. The third-order valence-electron chi connectivity index (χ3n) is 3.98. The van der Waals surface area contributed by atoms with E-state index in [-0.39, 0.29) is 11.9 Å². The van der Waals surface area contributed by atoms with Gasteiger partial charge in [0.05, 0.1) is 0 Å². The van der Waals surface area contributed by atoms with Gasteiger partial charge >= 0.3 is 6.03 Å². The molecule has 1 fully saturated rings. The van der Waals surface area contributed by atoms with Crippen molar-refractivity contribution < 1.29 is 9.59 Å². The predicted octanol–water partition coefficient (Wildman–Crippen LogP) is 2.93. The standard InChI is InChI=1S/C17H24ClN3O2/c18-15-8-4-3-7-14(15)13-20-17(23)19-10-9-16(22)21-11-5-1-2-6-12-21/h3-4,7-8H,1-2,5-6,9-13H2,(H2,19,20,23). The Morgan fingerprint density at radius 3 is 2.43 bits per heavy atom. The Morgan fingerprint density at radius 2 is 1.74 bits per heavy atom. The Hall–Kier alpha value is -1.75. The first-order valence-corrected chi connectivity index (χ1v) is 8.57. The molecule has 6 heteroatoms. The number of carbonyl (C=O) groups excluding carboxylic acids is 2. The van der Waals surface area contributed by atoms with E-state index in [4.69, 9.17) is 11.6 Å². The Labute approximate surface area is 142 Å². The molecule has 1 heterocycles. The number of urea groups is 1. The van der Waals surface area contributed by atoms with Crippen molar-refractivity contribution in [3.8, 4) is 0 Å². The molecule has 23 heavy (non-hydrogen) atoms. The molecule has 0 spiro atoms. The van der Waals surface area contributed by atoms with Crippen LogP contribution in [0, 0.1) is 0 Å². The highest BCUT2D eigenvalue weighted by molar-refractivity contribution is 6.31. The molecule has 3 amide bonds. The highest BCUT2D eigenvalue weighted by Gasteiger charge is 2.15. The monoisotopic (exact) mass is 337 g/mol. The van der Waals surface area contributed by atoms with Crippen molar-refractivity contribution in [1.29, 1.82) is 0 Å². The Morgan fingerprint density at radius 1 is 1.04 bits per heavy atom. The van der Waals surface area contributed by atoms with Crippen LogP contribution in [0.2, 0.25) is 5.02 Å². The molecule has 0 radical (unpaired) electrons. The summed E-state index contributed by atoms with van der Waals surface area (Å²) in [5.41, 5.74) is 0.866. The van der Waals surface area contributed by atoms with Crippen LogP contribution in [0.1, 0.15) is 37.7 Å². The highest BCUT2D eigenvalue weighted by Crippen LogP contribution is 2.14. The smallest absolute Gasteiger partial charge is 0.315 e. The van der Waals surface area contributed by atoms with Gasteiger partial charge in [-0.3, -0.25) is 4.79 Å². The number of hydrogen-bond donors (Lipinski definition) is 2. The van der Waals surface area contributed by atoms with Gasteiger partial charge in [-0.1, -0.05) is 42.6 Å². The molecule has 0 aromatic heterocycles. The van der Waals surface area contributed by atoms with Crippen LogP contribution in [0.25, 0.3) is 0 Å². The van der Waals surface area contributed by atoms with E-state index >= 15 is 0 Å². The van der Waals surface area contributed by atoms with Gasteiger partial charge in [0, 0.05) is 37.6 Å². The molecule has 2 N–H and O–H groups in total. The quantitative estimate of drug-likeness (QED) is 0.867. The molecule has 1 aromatic rings. The summed E-state index contributed by atoms with van der Waals surface area (Å²) in [6.45, 7) is 2.41. The zero-order valence-corrected chi connectivity index (χ0v) is 14.1. The van der Waals surface area contributed by atoms with E-state index in [2.05, 4.69) is 10.6 Å². The van der Waals surface area contributed by atoms with Crippen molar-refractivity contribution in [3.05, 3.63) is 34.9 Å². The van der Waals surface area contributed by atoms with Crippen molar-refractivity contribution in [1.82, 2.24) is 15.5 Å². The molecule has 0 unspecified atom stereocenters. The Kier molecular flexibility index (Phi) is 7.20. The van der Waals surface area contributed by atoms with Gasteiger partial charge < -0.3 is 15.5 Å². The Bertz CT molecular complexity index is 528. The van der Waals surface area contributed by atoms with Crippen LogP contribution < -0.4 is 10.6 Å². The zero-order valence-electron chi connectivity index (χ0n) is 13.3. The van der Waals surface area contributed by atoms with E-state index in [1.165, 1.54) is 12.8 Å². The Balaban J connectivity index is 1.64. The van der Waals surface area contributed by atoms with Crippen LogP contribution in [0.15, 0.2) is 24.3 Å². The first-order valence-electron chi connectivity index (χ1n) is 8.19. The molecule has 0 aliphatic carbocycles. The molecule has 0 bridgehead atoms. The third kappa shape index (κ3) is 6.10. The fraction of sp³-hybridized carbons (Fsp3) is 0.529. The fourth-order valence-corrected chi connectivity index (χ4v) is 2.84. The second-order valence-corrected chi connectivity index (χ2v) is 6.15. The van der Waals surface area contributed by atoms with Crippen molar-refractivity contribution in [2.24, 2.45) is 0 Å². The minimum atomic E-state index is -0.284. The fourth-order valence-electron chi connectivity index (χ4n) is 2.64. The number of rotatable bonds is 5. The van der Waals surface area contributed by atoms with Crippen LogP contribution in [-0.2, 0) is 11.3 Å². The number of benzene rings is 1. The van der Waals surface area contributed by atoms with Gasteiger partial charge in [-0.05, 0) is 24.5 Å². The lowest BCUT2D eigenvalue weighted by molar-refractivity contribution is -0.131. The van der Waals surface area contributed by atoms with Crippen LogP contribution in [-0.4, -0.2) is 36.5 Å². The van der Waals surface area contributed by atoms with E-state index in [9.17, 15) is 9.59 Å². The molecule has 1 saturated heterocycles. The first kappa shape index (κ1) is 17.6. The number of amides is 3. The largest absolute Gasteiger partial charge is 0.343 e. The molecule has 1 aliphatic heterocycles. The highest BCUT2D eigenvalue weighted by atomic mass is 35.5. The normalized spacial score (nSPS) is 14.9. The van der Waals surface area contributed by atoms with E-state index in [1.807, 2.05) is 23.1 Å². The molecule has 1 aromatic carbocycles. The minimum absolute atomic E-state index is 0.123. The van der Waals surface area contributed by atoms with E-state index in [0.29, 0.717) is 24.5 Å². The second kappa shape index (κ2) is 9.40. The second-order valence-electron chi connectivity index (χ2n) is 5.75. The van der Waals surface area contributed by atoms with E-state index in [0.717, 1.165) is 31.5 Å². The van der Waals surface area contributed by atoms with Gasteiger partial charge in [-0.2, -0.15) is 0 Å². The number of hydrogen-bond acceptors (Lipinski definition) is 2.